The van der Waals surface area contributed by atoms with E-state index in [1.54, 1.807) is 4.90 Å². The monoisotopic (exact) mass is 399 g/mol. The molecule has 29 heavy (non-hydrogen) atoms. The van der Waals surface area contributed by atoms with E-state index in [2.05, 4.69) is 0 Å². The SMILES string of the molecule is Cc1cc(F)cc(C)c1N1CCC([N+](C)(C)CC(=O)OCc2ccccc2)C1=O. The quantitative estimate of drug-likeness (QED) is 0.553. The van der Waals surface area contributed by atoms with E-state index in [1.807, 2.05) is 58.3 Å². The summed E-state index contributed by atoms with van der Waals surface area (Å²) in [5.41, 5.74) is 3.18. The van der Waals surface area contributed by atoms with E-state index in [0.29, 0.717) is 13.0 Å². The maximum Gasteiger partial charge on any atom is 0.362 e. The lowest BCUT2D eigenvalue weighted by atomic mass is 10.1. The highest BCUT2D eigenvalue weighted by Gasteiger charge is 2.45. The highest BCUT2D eigenvalue weighted by Crippen LogP contribution is 2.32. The number of hydrogen-bond donors (Lipinski definition) is 0. The number of hydrogen-bond acceptors (Lipinski definition) is 3. The molecule has 1 atom stereocenters. The van der Waals surface area contributed by atoms with Crippen LogP contribution < -0.4 is 4.90 Å². The minimum absolute atomic E-state index is 0.0383. The molecule has 1 aliphatic rings. The number of likely N-dealkylation sites (N-methyl/N-ethyl adjacent to an activating group) is 1. The summed E-state index contributed by atoms with van der Waals surface area (Å²) in [4.78, 5) is 27.3. The zero-order chi connectivity index (χ0) is 21.2. The van der Waals surface area contributed by atoms with E-state index in [1.165, 1.54) is 12.1 Å². The fraction of sp³-hybridized carbons (Fsp3) is 0.391. The minimum atomic E-state index is -0.344. The van der Waals surface area contributed by atoms with Gasteiger partial charge >= 0.3 is 5.97 Å². The molecular weight excluding hydrogens is 371 g/mol. The summed E-state index contributed by atoms with van der Waals surface area (Å²) in [6, 6.07) is 12.1. The van der Waals surface area contributed by atoms with Crippen molar-refractivity contribution in [3.05, 3.63) is 65.0 Å². The van der Waals surface area contributed by atoms with Gasteiger partial charge in [-0.05, 0) is 42.7 Å². The molecule has 154 valence electrons. The van der Waals surface area contributed by atoms with Crippen molar-refractivity contribution < 1.29 is 23.2 Å². The third-order valence-electron chi connectivity index (χ3n) is 5.53. The van der Waals surface area contributed by atoms with Crippen LogP contribution in [0.3, 0.4) is 0 Å². The van der Waals surface area contributed by atoms with Crippen molar-refractivity contribution in [2.45, 2.75) is 32.9 Å². The normalized spacial score (nSPS) is 16.9. The third kappa shape index (κ3) is 4.65. The molecule has 1 heterocycles. The molecule has 0 aromatic heterocycles. The van der Waals surface area contributed by atoms with Crippen LogP contribution in [-0.4, -0.2) is 49.6 Å². The first-order valence-electron chi connectivity index (χ1n) is 9.79. The molecule has 1 fully saturated rings. The summed E-state index contributed by atoms with van der Waals surface area (Å²) < 4.78 is 19.3. The maximum atomic E-state index is 13.6. The molecule has 0 saturated carbocycles. The molecule has 0 spiro atoms. The number of quaternary nitrogens is 1. The van der Waals surface area contributed by atoms with Crippen LogP contribution in [-0.2, 0) is 20.9 Å². The maximum absolute atomic E-state index is 13.6. The third-order valence-corrected chi connectivity index (χ3v) is 5.53. The van der Waals surface area contributed by atoms with Crippen LogP contribution in [0.4, 0.5) is 10.1 Å². The summed E-state index contributed by atoms with van der Waals surface area (Å²) in [5.74, 6) is -0.674. The number of carbonyl (C=O) groups excluding carboxylic acids is 2. The number of nitrogens with zero attached hydrogens (tertiary/aromatic N) is 2. The summed E-state index contributed by atoms with van der Waals surface area (Å²) in [6.45, 7) is 4.51. The van der Waals surface area contributed by atoms with Gasteiger partial charge in [-0.1, -0.05) is 30.3 Å². The second kappa shape index (κ2) is 8.33. The van der Waals surface area contributed by atoms with Gasteiger partial charge in [0.25, 0.3) is 5.91 Å². The van der Waals surface area contributed by atoms with Crippen molar-refractivity contribution >= 4 is 17.6 Å². The van der Waals surface area contributed by atoms with E-state index >= 15 is 0 Å². The number of esters is 1. The van der Waals surface area contributed by atoms with Gasteiger partial charge in [-0.3, -0.25) is 4.79 Å². The second-order valence-corrected chi connectivity index (χ2v) is 8.27. The Hall–Kier alpha value is -2.73. The zero-order valence-electron chi connectivity index (χ0n) is 17.4. The molecule has 3 rings (SSSR count). The van der Waals surface area contributed by atoms with Gasteiger partial charge in [0.1, 0.15) is 12.4 Å². The van der Waals surface area contributed by atoms with Gasteiger partial charge in [-0.25, -0.2) is 9.18 Å². The molecule has 2 aromatic rings. The molecule has 5 nitrogen and oxygen atoms in total. The Kier molecular flexibility index (Phi) is 6.03. The van der Waals surface area contributed by atoms with Crippen molar-refractivity contribution in [1.82, 2.24) is 0 Å². The van der Waals surface area contributed by atoms with Crippen LogP contribution in [0.25, 0.3) is 0 Å². The van der Waals surface area contributed by atoms with Crippen molar-refractivity contribution in [2.75, 3.05) is 32.1 Å². The lowest BCUT2D eigenvalue weighted by Crippen LogP contribution is -2.55. The van der Waals surface area contributed by atoms with E-state index in [4.69, 9.17) is 4.74 Å². The van der Waals surface area contributed by atoms with Gasteiger partial charge < -0.3 is 14.1 Å². The number of carbonyl (C=O) groups is 2. The van der Waals surface area contributed by atoms with Gasteiger partial charge in [0.15, 0.2) is 12.6 Å². The van der Waals surface area contributed by atoms with Crippen LogP contribution in [0, 0.1) is 19.7 Å². The number of rotatable bonds is 6. The predicted octanol–water partition coefficient (Wildman–Crippen LogP) is 3.37. The van der Waals surface area contributed by atoms with Crippen molar-refractivity contribution in [3.63, 3.8) is 0 Å². The first-order chi connectivity index (χ1) is 13.7. The fourth-order valence-electron chi connectivity index (χ4n) is 4.09. The van der Waals surface area contributed by atoms with Crippen LogP contribution in [0.2, 0.25) is 0 Å². The summed E-state index contributed by atoms with van der Waals surface area (Å²) in [7, 11) is 3.75. The highest BCUT2D eigenvalue weighted by molar-refractivity contribution is 6.00. The average Bonchev–Trinajstić information content (AvgIpc) is 3.02. The number of amides is 1. The Bertz CT molecular complexity index is 889. The summed E-state index contributed by atoms with van der Waals surface area (Å²) in [5, 5.41) is 0. The van der Waals surface area contributed by atoms with Gasteiger partial charge in [-0.2, -0.15) is 0 Å². The first kappa shape index (κ1) is 21.0. The number of benzene rings is 2. The van der Waals surface area contributed by atoms with Gasteiger partial charge in [-0.15, -0.1) is 0 Å². The second-order valence-electron chi connectivity index (χ2n) is 8.27. The molecule has 0 N–H and O–H groups in total. The topological polar surface area (TPSA) is 46.6 Å². The van der Waals surface area contributed by atoms with E-state index in [9.17, 15) is 14.0 Å². The smallest absolute Gasteiger partial charge is 0.362 e. The average molecular weight is 399 g/mol. The van der Waals surface area contributed by atoms with Crippen LogP contribution >= 0.6 is 0 Å². The zero-order valence-corrected chi connectivity index (χ0v) is 17.4. The summed E-state index contributed by atoms with van der Waals surface area (Å²) in [6.07, 6.45) is 0.633. The largest absolute Gasteiger partial charge is 0.457 e. The Labute approximate surface area is 171 Å². The van der Waals surface area contributed by atoms with Gasteiger partial charge in [0.2, 0.25) is 0 Å². The van der Waals surface area contributed by atoms with Gasteiger partial charge in [0, 0.05) is 18.7 Å². The molecule has 0 bridgehead atoms. The fourth-order valence-corrected chi connectivity index (χ4v) is 4.09. The number of halogens is 1. The van der Waals surface area contributed by atoms with Gasteiger partial charge in [0.05, 0.1) is 14.1 Å². The number of aryl methyl sites for hydroxylation is 2. The molecule has 1 unspecified atom stereocenters. The Morgan fingerprint density at radius 1 is 1.17 bits per heavy atom. The Morgan fingerprint density at radius 2 is 1.79 bits per heavy atom. The van der Waals surface area contributed by atoms with Crippen LogP contribution in [0.5, 0.6) is 0 Å². The molecule has 1 saturated heterocycles. The molecular formula is C23H28FN2O3+. The first-order valence-corrected chi connectivity index (χ1v) is 9.79. The van der Waals surface area contributed by atoms with Crippen LogP contribution in [0.1, 0.15) is 23.1 Å². The van der Waals surface area contributed by atoms with E-state index < -0.39 is 0 Å². The number of anilines is 1. The van der Waals surface area contributed by atoms with Crippen molar-refractivity contribution in [2.24, 2.45) is 0 Å². The molecule has 0 aliphatic carbocycles. The Balaban J connectivity index is 1.67. The summed E-state index contributed by atoms with van der Waals surface area (Å²) >= 11 is 0. The Morgan fingerprint density at radius 3 is 2.41 bits per heavy atom. The lowest BCUT2D eigenvalue weighted by molar-refractivity contribution is -0.898. The minimum Gasteiger partial charge on any atom is -0.457 e. The molecule has 1 aliphatic heterocycles. The highest BCUT2D eigenvalue weighted by atomic mass is 19.1. The van der Waals surface area contributed by atoms with Crippen LogP contribution in [0.15, 0.2) is 42.5 Å². The standard InChI is InChI=1S/C23H28FN2O3/c1-16-12-19(24)13-17(2)22(16)25-11-10-20(23(25)28)26(3,4)14-21(27)29-15-18-8-6-5-7-9-18/h5-9,12-13,20H,10-11,14-15H2,1-4H3/q+1. The van der Waals surface area contributed by atoms with Crippen molar-refractivity contribution in [1.29, 1.82) is 0 Å². The lowest BCUT2D eigenvalue weighted by Gasteiger charge is -2.34. The van der Waals surface area contributed by atoms with E-state index in [0.717, 1.165) is 22.4 Å². The molecule has 6 heteroatoms. The molecule has 1 amide bonds. The van der Waals surface area contributed by atoms with Crippen molar-refractivity contribution in [3.8, 4) is 0 Å². The molecule has 2 aromatic carbocycles. The number of ether oxygens (including phenoxy) is 1. The van der Waals surface area contributed by atoms with E-state index in [-0.39, 0.29) is 41.4 Å². The predicted molar refractivity (Wildman–Crippen MR) is 110 cm³/mol. The molecule has 0 radical (unpaired) electrons.